The fraction of sp³-hybridized carbons (Fsp3) is 0.417. The number of nitrogens with one attached hydrogen (secondary N) is 2. The molecule has 4 N–H and O–H groups in total. The van der Waals surface area contributed by atoms with E-state index in [-0.39, 0.29) is 11.7 Å². The van der Waals surface area contributed by atoms with Gasteiger partial charge >= 0.3 is 0 Å². The zero-order valence-corrected chi connectivity index (χ0v) is 13.0. The average molecular weight is 311 g/mol. The van der Waals surface area contributed by atoms with Crippen LogP contribution in [0.25, 0.3) is 0 Å². The van der Waals surface area contributed by atoms with Crippen molar-refractivity contribution in [2.24, 2.45) is 0 Å². The highest BCUT2D eigenvalue weighted by molar-refractivity contribution is 7.18. The number of amides is 1. The van der Waals surface area contributed by atoms with E-state index in [4.69, 9.17) is 5.73 Å². The smallest absolute Gasteiger partial charge is 0.265 e. The number of anilines is 2. The van der Waals surface area contributed by atoms with Crippen LogP contribution in [0.3, 0.4) is 0 Å². The van der Waals surface area contributed by atoms with Gasteiger partial charge in [-0.05, 0) is 13.3 Å². The van der Waals surface area contributed by atoms with Gasteiger partial charge in [0.25, 0.3) is 5.91 Å². The zero-order valence-electron chi connectivity index (χ0n) is 11.4. The van der Waals surface area contributed by atoms with Crippen LogP contribution in [0.2, 0.25) is 0 Å². The van der Waals surface area contributed by atoms with Crippen molar-refractivity contribution >= 4 is 39.5 Å². The van der Waals surface area contributed by atoms with E-state index < -0.39 is 0 Å². The molecule has 0 radical (unpaired) electrons. The van der Waals surface area contributed by atoms with E-state index in [0.29, 0.717) is 16.6 Å². The molecule has 0 spiro atoms. The first kappa shape index (κ1) is 14.7. The lowest BCUT2D eigenvalue weighted by Crippen LogP contribution is -2.22. The van der Waals surface area contributed by atoms with Crippen molar-refractivity contribution in [2.75, 3.05) is 17.6 Å². The first-order chi connectivity index (χ1) is 9.60. The number of nitrogens with zero attached hydrogens (tertiary/aromatic N) is 2. The van der Waals surface area contributed by atoms with E-state index in [1.807, 2.05) is 6.92 Å². The SMILES string of the molecule is CCCNc1nc(N)c(C(=O)NCc2cnc(C)s2)s1. The van der Waals surface area contributed by atoms with Crippen LogP contribution in [-0.2, 0) is 6.54 Å². The normalized spacial score (nSPS) is 10.5. The number of thiazole rings is 2. The molecule has 2 rings (SSSR count). The zero-order chi connectivity index (χ0) is 14.5. The van der Waals surface area contributed by atoms with E-state index in [0.717, 1.165) is 22.9 Å². The van der Waals surface area contributed by atoms with Gasteiger partial charge in [0.05, 0.1) is 11.6 Å². The van der Waals surface area contributed by atoms with Crippen molar-refractivity contribution < 1.29 is 4.79 Å². The Morgan fingerprint density at radius 2 is 2.25 bits per heavy atom. The Morgan fingerprint density at radius 1 is 1.45 bits per heavy atom. The summed E-state index contributed by atoms with van der Waals surface area (Å²) in [5, 5.41) is 7.63. The predicted octanol–water partition coefficient (Wildman–Crippen LogP) is 2.24. The van der Waals surface area contributed by atoms with Crippen LogP contribution in [0.1, 0.15) is 32.9 Å². The van der Waals surface area contributed by atoms with E-state index in [1.165, 1.54) is 11.3 Å². The lowest BCUT2D eigenvalue weighted by atomic mass is 10.4. The molecule has 0 atom stereocenters. The highest BCUT2D eigenvalue weighted by atomic mass is 32.1. The van der Waals surface area contributed by atoms with E-state index >= 15 is 0 Å². The molecule has 2 aromatic heterocycles. The summed E-state index contributed by atoms with van der Waals surface area (Å²) < 4.78 is 0. The molecule has 8 heteroatoms. The third-order valence-electron chi connectivity index (χ3n) is 2.48. The van der Waals surface area contributed by atoms with Crippen molar-refractivity contribution in [3.05, 3.63) is 21.0 Å². The molecule has 0 unspecified atom stereocenters. The molecule has 6 nitrogen and oxygen atoms in total. The molecule has 2 aromatic rings. The molecule has 0 aliphatic carbocycles. The maximum atomic E-state index is 12.1. The van der Waals surface area contributed by atoms with Crippen molar-refractivity contribution in [3.8, 4) is 0 Å². The van der Waals surface area contributed by atoms with Crippen molar-refractivity contribution in [3.63, 3.8) is 0 Å². The monoisotopic (exact) mass is 311 g/mol. The molecule has 0 saturated heterocycles. The molecule has 0 saturated carbocycles. The summed E-state index contributed by atoms with van der Waals surface area (Å²) in [6, 6.07) is 0. The molecule has 0 aliphatic heterocycles. The third-order valence-corrected chi connectivity index (χ3v) is 4.42. The van der Waals surface area contributed by atoms with E-state index in [1.54, 1.807) is 17.5 Å². The molecule has 0 aromatic carbocycles. The van der Waals surface area contributed by atoms with Gasteiger partial charge in [0, 0.05) is 17.6 Å². The minimum atomic E-state index is -0.199. The number of nitrogens with two attached hydrogens (primary N) is 1. The molecule has 0 aliphatic rings. The molecular formula is C12H17N5OS2. The van der Waals surface area contributed by atoms with Crippen molar-refractivity contribution in [1.82, 2.24) is 15.3 Å². The highest BCUT2D eigenvalue weighted by Gasteiger charge is 2.16. The van der Waals surface area contributed by atoms with E-state index in [2.05, 4.69) is 27.5 Å². The Balaban J connectivity index is 1.96. The Morgan fingerprint density at radius 3 is 2.90 bits per heavy atom. The van der Waals surface area contributed by atoms with Crippen LogP contribution in [0.4, 0.5) is 10.9 Å². The summed E-state index contributed by atoms with van der Waals surface area (Å²) in [7, 11) is 0. The topological polar surface area (TPSA) is 92.9 Å². The number of aryl methyl sites for hydroxylation is 1. The minimum absolute atomic E-state index is 0.199. The number of carbonyl (C=O) groups is 1. The number of aromatic nitrogens is 2. The fourth-order valence-electron chi connectivity index (χ4n) is 1.54. The van der Waals surface area contributed by atoms with Gasteiger partial charge in [0.15, 0.2) is 5.13 Å². The standard InChI is InChI=1S/C12H17N5OS2/c1-3-4-14-12-17-10(13)9(20-12)11(18)16-6-8-5-15-7(2)19-8/h5H,3-4,6,13H2,1-2H3,(H,14,17)(H,16,18). The Kier molecular flexibility index (Phi) is 4.91. The summed E-state index contributed by atoms with van der Waals surface area (Å²) in [5.74, 6) is 0.0715. The maximum absolute atomic E-state index is 12.1. The summed E-state index contributed by atoms with van der Waals surface area (Å²) in [5.41, 5.74) is 5.78. The summed E-state index contributed by atoms with van der Waals surface area (Å²) in [6.45, 7) is 5.27. The van der Waals surface area contributed by atoms with Gasteiger partial charge in [-0.3, -0.25) is 4.79 Å². The molecule has 0 bridgehead atoms. The summed E-state index contributed by atoms with van der Waals surface area (Å²) >= 11 is 2.84. The fourth-order valence-corrected chi connectivity index (χ4v) is 3.10. The molecule has 0 fully saturated rings. The second-order valence-corrected chi connectivity index (χ2v) is 6.51. The number of rotatable bonds is 6. The number of hydrogen-bond acceptors (Lipinski definition) is 7. The summed E-state index contributed by atoms with van der Waals surface area (Å²) in [4.78, 5) is 21.8. The van der Waals surface area contributed by atoms with Crippen LogP contribution < -0.4 is 16.4 Å². The quantitative estimate of drug-likeness (QED) is 0.761. The van der Waals surface area contributed by atoms with Crippen LogP contribution >= 0.6 is 22.7 Å². The average Bonchev–Trinajstić information content (AvgIpc) is 3.00. The molecule has 1 amide bonds. The predicted molar refractivity (Wildman–Crippen MR) is 83.3 cm³/mol. The third kappa shape index (κ3) is 3.67. The maximum Gasteiger partial charge on any atom is 0.265 e. The Hall–Kier alpha value is -1.67. The van der Waals surface area contributed by atoms with Crippen molar-refractivity contribution in [1.29, 1.82) is 0 Å². The lowest BCUT2D eigenvalue weighted by molar-refractivity contribution is 0.0956. The van der Waals surface area contributed by atoms with Crippen LogP contribution in [0.5, 0.6) is 0 Å². The second kappa shape index (κ2) is 6.67. The second-order valence-electron chi connectivity index (χ2n) is 4.19. The molecule has 20 heavy (non-hydrogen) atoms. The van der Waals surface area contributed by atoms with Gasteiger partial charge in [0.2, 0.25) is 0 Å². The first-order valence-corrected chi connectivity index (χ1v) is 7.93. The van der Waals surface area contributed by atoms with E-state index in [9.17, 15) is 4.79 Å². The van der Waals surface area contributed by atoms with Crippen LogP contribution in [0.15, 0.2) is 6.20 Å². The van der Waals surface area contributed by atoms with Gasteiger partial charge in [-0.2, -0.15) is 0 Å². The Labute approximate surface area is 125 Å². The number of hydrogen-bond donors (Lipinski definition) is 3. The van der Waals surface area contributed by atoms with Crippen molar-refractivity contribution in [2.45, 2.75) is 26.8 Å². The molecular weight excluding hydrogens is 294 g/mol. The largest absolute Gasteiger partial charge is 0.382 e. The van der Waals surface area contributed by atoms with Crippen LogP contribution in [-0.4, -0.2) is 22.4 Å². The number of carbonyl (C=O) groups excluding carboxylic acids is 1. The minimum Gasteiger partial charge on any atom is -0.382 e. The summed E-state index contributed by atoms with van der Waals surface area (Å²) in [6.07, 6.45) is 2.76. The van der Waals surface area contributed by atoms with Gasteiger partial charge in [0.1, 0.15) is 10.7 Å². The van der Waals surface area contributed by atoms with Gasteiger partial charge < -0.3 is 16.4 Å². The molecule has 2 heterocycles. The van der Waals surface area contributed by atoms with Gasteiger partial charge in [-0.15, -0.1) is 11.3 Å². The first-order valence-electron chi connectivity index (χ1n) is 6.29. The molecule has 108 valence electrons. The Bertz CT molecular complexity index is 592. The lowest BCUT2D eigenvalue weighted by Gasteiger charge is -2.01. The van der Waals surface area contributed by atoms with Gasteiger partial charge in [-0.25, -0.2) is 9.97 Å². The van der Waals surface area contributed by atoms with Crippen LogP contribution in [0, 0.1) is 6.92 Å². The van der Waals surface area contributed by atoms with Gasteiger partial charge in [-0.1, -0.05) is 18.3 Å². The highest BCUT2D eigenvalue weighted by Crippen LogP contribution is 2.25. The number of nitrogen functional groups attached to an aromatic ring is 1.